The van der Waals surface area contributed by atoms with E-state index in [0.29, 0.717) is 11.5 Å². The van der Waals surface area contributed by atoms with Crippen LogP contribution in [-0.4, -0.2) is 24.2 Å². The van der Waals surface area contributed by atoms with Gasteiger partial charge in [0.1, 0.15) is 0 Å². The minimum Gasteiger partial charge on any atom is -0.361 e. The Balaban J connectivity index is 1.97. The molecule has 2 atom stereocenters. The fourth-order valence-corrected chi connectivity index (χ4v) is 3.62. The zero-order valence-electron chi connectivity index (χ0n) is 14.9. The second kappa shape index (κ2) is 6.01. The van der Waals surface area contributed by atoms with Gasteiger partial charge in [-0.15, -0.1) is 0 Å². The summed E-state index contributed by atoms with van der Waals surface area (Å²) in [6.45, 7) is 9.18. The van der Waals surface area contributed by atoms with Crippen LogP contribution in [0.15, 0.2) is 36.4 Å². The van der Waals surface area contributed by atoms with Gasteiger partial charge in [0.25, 0.3) is 0 Å². The van der Waals surface area contributed by atoms with E-state index in [1.165, 1.54) is 21.2 Å². The SMILES string of the molecule is C[C@H](CC(C)(C)C)NC1C=c2c(ccc3ccccc23)=CN1C. The van der Waals surface area contributed by atoms with Crippen molar-refractivity contribution in [1.29, 1.82) is 0 Å². The molecule has 2 heteroatoms. The number of fused-ring (bicyclic) bond motifs is 3. The van der Waals surface area contributed by atoms with Gasteiger partial charge in [0.05, 0.1) is 6.17 Å². The molecular weight excluding hydrogens is 280 g/mol. The lowest BCUT2D eigenvalue weighted by atomic mass is 9.88. The van der Waals surface area contributed by atoms with Crippen molar-refractivity contribution in [2.75, 3.05) is 7.05 Å². The summed E-state index contributed by atoms with van der Waals surface area (Å²) in [6.07, 6.45) is 6.03. The molecule has 0 fully saturated rings. The van der Waals surface area contributed by atoms with E-state index in [-0.39, 0.29) is 6.17 Å². The van der Waals surface area contributed by atoms with Crippen LogP contribution in [0.2, 0.25) is 0 Å². The standard InChI is InChI=1S/C21H28N2/c1-15(13-21(2,3)4)22-20-12-19-17(14-23(20)5)11-10-16-8-6-7-9-18(16)19/h6-12,14-15,20,22H,13H2,1-5H3/t15-,20?/m1/s1. The van der Waals surface area contributed by atoms with Crippen LogP contribution < -0.4 is 15.8 Å². The van der Waals surface area contributed by atoms with Crippen LogP contribution in [0, 0.1) is 5.41 Å². The van der Waals surface area contributed by atoms with Crippen molar-refractivity contribution in [3.05, 3.63) is 46.8 Å². The first-order valence-corrected chi connectivity index (χ1v) is 8.53. The largest absolute Gasteiger partial charge is 0.361 e. The van der Waals surface area contributed by atoms with Crippen molar-refractivity contribution in [2.45, 2.75) is 46.3 Å². The highest BCUT2D eigenvalue weighted by Gasteiger charge is 2.20. The third-order valence-corrected chi connectivity index (χ3v) is 4.48. The van der Waals surface area contributed by atoms with E-state index in [1.807, 2.05) is 0 Å². The van der Waals surface area contributed by atoms with E-state index in [1.54, 1.807) is 0 Å². The molecule has 23 heavy (non-hydrogen) atoms. The average molecular weight is 308 g/mol. The summed E-state index contributed by atoms with van der Waals surface area (Å²) in [4.78, 5) is 2.27. The molecule has 0 radical (unpaired) electrons. The quantitative estimate of drug-likeness (QED) is 0.937. The lowest BCUT2D eigenvalue weighted by Gasteiger charge is -2.33. The summed E-state index contributed by atoms with van der Waals surface area (Å²) < 4.78 is 0. The van der Waals surface area contributed by atoms with Crippen molar-refractivity contribution in [3.63, 3.8) is 0 Å². The first-order chi connectivity index (χ1) is 10.8. The highest BCUT2D eigenvalue weighted by molar-refractivity contribution is 5.84. The molecule has 0 saturated carbocycles. The van der Waals surface area contributed by atoms with Gasteiger partial charge in [-0.25, -0.2) is 0 Å². The molecule has 1 unspecified atom stereocenters. The molecule has 0 saturated heterocycles. The van der Waals surface area contributed by atoms with E-state index in [2.05, 4.69) is 93.6 Å². The van der Waals surface area contributed by atoms with Gasteiger partial charge < -0.3 is 4.90 Å². The Morgan fingerprint density at radius 1 is 1.13 bits per heavy atom. The molecule has 2 aromatic carbocycles. The van der Waals surface area contributed by atoms with E-state index in [0.717, 1.165) is 6.42 Å². The lowest BCUT2D eigenvalue weighted by molar-refractivity contribution is 0.272. The second-order valence-electron chi connectivity index (χ2n) is 8.03. The third-order valence-electron chi connectivity index (χ3n) is 4.48. The Bertz CT molecular complexity index is 814. The summed E-state index contributed by atoms with van der Waals surface area (Å²) in [7, 11) is 2.15. The van der Waals surface area contributed by atoms with Gasteiger partial charge in [0.15, 0.2) is 0 Å². The minimum atomic E-state index is 0.241. The molecule has 0 bridgehead atoms. The molecule has 2 nitrogen and oxygen atoms in total. The van der Waals surface area contributed by atoms with Crippen LogP contribution in [0.3, 0.4) is 0 Å². The zero-order chi connectivity index (χ0) is 16.6. The first kappa shape index (κ1) is 16.1. The summed E-state index contributed by atoms with van der Waals surface area (Å²) in [5.74, 6) is 0. The van der Waals surface area contributed by atoms with Crippen molar-refractivity contribution in [2.24, 2.45) is 5.41 Å². The Morgan fingerprint density at radius 3 is 2.61 bits per heavy atom. The molecule has 0 spiro atoms. The molecule has 0 aliphatic carbocycles. The molecule has 0 aromatic heterocycles. The molecule has 1 N–H and O–H groups in total. The minimum absolute atomic E-state index is 0.241. The Labute approximate surface area is 139 Å². The van der Waals surface area contributed by atoms with Gasteiger partial charge in [0, 0.05) is 19.3 Å². The molecule has 1 aliphatic heterocycles. The van der Waals surface area contributed by atoms with E-state index in [9.17, 15) is 0 Å². The first-order valence-electron chi connectivity index (χ1n) is 8.53. The highest BCUT2D eigenvalue weighted by atomic mass is 15.2. The van der Waals surface area contributed by atoms with Crippen molar-refractivity contribution >= 4 is 23.0 Å². The normalized spacial score (nSPS) is 19.0. The number of nitrogens with one attached hydrogen (secondary N) is 1. The van der Waals surface area contributed by atoms with Gasteiger partial charge in [-0.2, -0.15) is 0 Å². The number of hydrogen-bond donors (Lipinski definition) is 1. The van der Waals surface area contributed by atoms with Gasteiger partial charge in [0.2, 0.25) is 0 Å². The summed E-state index contributed by atoms with van der Waals surface area (Å²) >= 11 is 0. The number of hydrogen-bond acceptors (Lipinski definition) is 2. The average Bonchev–Trinajstić information content (AvgIpc) is 2.46. The number of benzene rings is 2. The maximum Gasteiger partial charge on any atom is 0.0990 e. The second-order valence-corrected chi connectivity index (χ2v) is 8.03. The number of rotatable bonds is 3. The molecule has 122 valence electrons. The smallest absolute Gasteiger partial charge is 0.0990 e. The zero-order valence-corrected chi connectivity index (χ0v) is 14.9. The van der Waals surface area contributed by atoms with Crippen LogP contribution in [0.25, 0.3) is 23.0 Å². The molecule has 1 heterocycles. The van der Waals surface area contributed by atoms with Gasteiger partial charge in [-0.1, -0.05) is 57.2 Å². The maximum absolute atomic E-state index is 3.77. The fraction of sp³-hybridized carbons (Fsp3) is 0.429. The molecule has 1 aliphatic rings. The van der Waals surface area contributed by atoms with Gasteiger partial charge in [-0.3, -0.25) is 5.32 Å². The Kier molecular flexibility index (Phi) is 4.20. The molecule has 2 aromatic rings. The van der Waals surface area contributed by atoms with Crippen molar-refractivity contribution in [1.82, 2.24) is 10.2 Å². The highest BCUT2D eigenvalue weighted by Crippen LogP contribution is 2.21. The van der Waals surface area contributed by atoms with Crippen LogP contribution >= 0.6 is 0 Å². The lowest BCUT2D eigenvalue weighted by Crippen LogP contribution is -2.50. The summed E-state index contributed by atoms with van der Waals surface area (Å²) in [5.41, 5.74) is 0.341. The Hall–Kier alpha value is -1.80. The predicted molar refractivity (Wildman–Crippen MR) is 100 cm³/mol. The topological polar surface area (TPSA) is 15.3 Å². The fourth-order valence-electron chi connectivity index (χ4n) is 3.62. The van der Waals surface area contributed by atoms with E-state index < -0.39 is 0 Å². The van der Waals surface area contributed by atoms with Crippen molar-refractivity contribution < 1.29 is 0 Å². The third kappa shape index (κ3) is 3.59. The predicted octanol–water partition coefficient (Wildman–Crippen LogP) is 3.04. The van der Waals surface area contributed by atoms with Crippen LogP contribution in [0.1, 0.15) is 34.1 Å². The monoisotopic (exact) mass is 308 g/mol. The number of nitrogens with zero attached hydrogens (tertiary/aromatic N) is 1. The van der Waals surface area contributed by atoms with Gasteiger partial charge in [-0.05, 0) is 46.0 Å². The summed E-state index contributed by atoms with van der Waals surface area (Å²) in [6, 6.07) is 13.5. The van der Waals surface area contributed by atoms with E-state index >= 15 is 0 Å². The van der Waals surface area contributed by atoms with Crippen LogP contribution in [0.5, 0.6) is 0 Å². The molecule has 3 rings (SSSR count). The summed E-state index contributed by atoms with van der Waals surface area (Å²) in [5, 5.41) is 9.06. The van der Waals surface area contributed by atoms with E-state index in [4.69, 9.17) is 0 Å². The van der Waals surface area contributed by atoms with Crippen LogP contribution in [0.4, 0.5) is 0 Å². The van der Waals surface area contributed by atoms with Crippen LogP contribution in [-0.2, 0) is 0 Å². The van der Waals surface area contributed by atoms with Crippen molar-refractivity contribution in [3.8, 4) is 0 Å². The molecule has 0 amide bonds. The maximum atomic E-state index is 3.77. The molecular formula is C21H28N2. The Morgan fingerprint density at radius 2 is 1.87 bits per heavy atom. The van der Waals surface area contributed by atoms with Gasteiger partial charge >= 0.3 is 0 Å².